The highest BCUT2D eigenvalue weighted by molar-refractivity contribution is 7.88. The summed E-state index contributed by atoms with van der Waals surface area (Å²) in [6.45, 7) is 7.02. The molecule has 0 amide bonds. The smallest absolute Gasteiger partial charge is 0.317 e. The molecule has 9 nitrogen and oxygen atoms in total. The second-order valence-electron chi connectivity index (χ2n) is 6.52. The van der Waals surface area contributed by atoms with Crippen molar-refractivity contribution in [2.75, 3.05) is 12.5 Å². The molecule has 3 fully saturated rings. The Balaban J connectivity index is 1.87. The fourth-order valence-corrected chi connectivity index (χ4v) is 3.28. The van der Waals surface area contributed by atoms with Crippen molar-refractivity contribution in [2.45, 2.75) is 63.6 Å². The van der Waals surface area contributed by atoms with Crippen molar-refractivity contribution in [3.63, 3.8) is 0 Å². The van der Waals surface area contributed by atoms with Crippen LogP contribution in [0, 0.1) is 0 Å². The van der Waals surface area contributed by atoms with E-state index in [0.717, 1.165) is 0 Å². The summed E-state index contributed by atoms with van der Waals surface area (Å²) in [5.74, 6) is -4.29. The van der Waals surface area contributed by atoms with Crippen LogP contribution < -0.4 is 5.14 Å². The van der Waals surface area contributed by atoms with Crippen LogP contribution >= 0.6 is 0 Å². The second-order valence-corrected chi connectivity index (χ2v) is 8.08. The van der Waals surface area contributed by atoms with Crippen LogP contribution in [0.4, 0.5) is 0 Å². The van der Waals surface area contributed by atoms with Gasteiger partial charge in [0.25, 0.3) is 0 Å². The van der Waals surface area contributed by atoms with Crippen LogP contribution in [0.2, 0.25) is 0 Å². The molecule has 0 unspecified atom stereocenters. The summed E-state index contributed by atoms with van der Waals surface area (Å²) < 4.78 is 56.5. The third kappa shape index (κ3) is 3.02. The van der Waals surface area contributed by atoms with Crippen molar-refractivity contribution in [1.29, 1.82) is 0 Å². The van der Waals surface area contributed by atoms with E-state index < -0.39 is 45.7 Å². The van der Waals surface area contributed by atoms with Gasteiger partial charge < -0.3 is 23.7 Å². The maximum Gasteiger partial charge on any atom is 0.317 e. The van der Waals surface area contributed by atoms with E-state index in [0.29, 0.717) is 0 Å². The number of fused-ring (bicyclic) bond motifs is 3. The topological polar surface area (TPSA) is 116 Å². The van der Waals surface area contributed by atoms with Crippen LogP contribution in [-0.2, 0) is 38.4 Å². The lowest BCUT2D eigenvalue weighted by molar-refractivity contribution is -0.399. The number of sulfonamides is 1. The molecule has 10 heteroatoms. The number of hydrogen-bond acceptors (Lipinski definition) is 8. The van der Waals surface area contributed by atoms with Gasteiger partial charge in [0.05, 0.1) is 6.61 Å². The molecule has 0 aromatic carbocycles. The minimum absolute atomic E-state index is 0.120. The molecule has 0 aromatic rings. The normalized spacial score (nSPS) is 42.9. The van der Waals surface area contributed by atoms with E-state index >= 15 is 0 Å². The molecule has 0 radical (unpaired) electrons. The Morgan fingerprint density at radius 1 is 1.14 bits per heavy atom. The highest BCUT2D eigenvalue weighted by Gasteiger charge is 2.66. The van der Waals surface area contributed by atoms with Crippen LogP contribution in [0.15, 0.2) is 0 Å². The first kappa shape index (κ1) is 16.5. The zero-order chi connectivity index (χ0) is 16.4. The molecule has 0 bridgehead atoms. The van der Waals surface area contributed by atoms with Gasteiger partial charge in [0.15, 0.2) is 23.6 Å². The quantitative estimate of drug-likeness (QED) is 0.739. The van der Waals surface area contributed by atoms with Crippen molar-refractivity contribution in [3.8, 4) is 0 Å². The molecular weight excluding hydrogens is 318 g/mol. The molecular formula is C12H21NO8S. The molecule has 4 atom stereocenters. The lowest BCUT2D eigenvalue weighted by atomic mass is 10.0. The van der Waals surface area contributed by atoms with Gasteiger partial charge in [-0.3, -0.25) is 4.74 Å². The summed E-state index contributed by atoms with van der Waals surface area (Å²) in [6.07, 6.45) is -1.67. The van der Waals surface area contributed by atoms with Gasteiger partial charge in [-0.25, -0.2) is 13.6 Å². The van der Waals surface area contributed by atoms with Crippen molar-refractivity contribution >= 4 is 10.0 Å². The second kappa shape index (κ2) is 4.84. The Labute approximate surface area is 129 Å². The molecule has 3 aliphatic rings. The van der Waals surface area contributed by atoms with Gasteiger partial charge in [0, 0.05) is 0 Å². The van der Waals surface area contributed by atoms with Crippen LogP contribution in [0.25, 0.3) is 0 Å². The SMILES string of the molecule is CC1(C)O[C@H]2[C@H](CO[C@]3(OCS(N)(=O)=O)OC(C)(C)O[C@H]23)O1. The predicted octanol–water partition coefficient (Wildman–Crippen LogP) is -0.395. The molecule has 0 saturated carbocycles. The van der Waals surface area contributed by atoms with Gasteiger partial charge in [0.2, 0.25) is 10.0 Å². The summed E-state index contributed by atoms with van der Waals surface area (Å²) in [5.41, 5.74) is 0. The zero-order valence-corrected chi connectivity index (χ0v) is 13.7. The number of ether oxygens (including phenoxy) is 6. The number of nitrogens with two attached hydrogens (primary N) is 1. The molecule has 3 rings (SSSR count). The lowest BCUT2D eigenvalue weighted by Crippen LogP contribution is -2.60. The van der Waals surface area contributed by atoms with Gasteiger partial charge in [-0.05, 0) is 27.7 Å². The Hall–Kier alpha value is -0.330. The molecule has 2 N–H and O–H groups in total. The number of rotatable bonds is 3. The molecule has 3 aliphatic heterocycles. The van der Waals surface area contributed by atoms with E-state index in [1.54, 1.807) is 27.7 Å². The third-order valence-corrected chi connectivity index (χ3v) is 3.99. The van der Waals surface area contributed by atoms with Gasteiger partial charge in [-0.1, -0.05) is 0 Å². The number of hydrogen-bond donors (Lipinski definition) is 1. The molecule has 22 heavy (non-hydrogen) atoms. The van der Waals surface area contributed by atoms with Crippen molar-refractivity contribution in [1.82, 2.24) is 0 Å². The average Bonchev–Trinajstić information content (AvgIpc) is 2.78. The largest absolute Gasteiger partial charge is 0.342 e. The van der Waals surface area contributed by atoms with E-state index in [1.165, 1.54) is 0 Å². The molecule has 3 heterocycles. The van der Waals surface area contributed by atoms with Crippen molar-refractivity contribution in [2.24, 2.45) is 5.14 Å². The van der Waals surface area contributed by atoms with Gasteiger partial charge >= 0.3 is 5.97 Å². The molecule has 0 aromatic heterocycles. The first-order valence-corrected chi connectivity index (χ1v) is 8.65. The van der Waals surface area contributed by atoms with E-state index in [1.807, 2.05) is 0 Å². The Bertz CT molecular complexity index is 561. The van der Waals surface area contributed by atoms with Crippen LogP contribution in [0.1, 0.15) is 27.7 Å². The standard InChI is InChI=1S/C12H21NO8S/c1-10(2)18-7-5-16-12(17-6-22(13,14)15)9(8(7)19-10)20-11(3,4)21-12/h7-9H,5-6H2,1-4H3,(H2,13,14,15)/t7-,8-,9+,12+/m0/s1. The molecule has 3 saturated heterocycles. The minimum atomic E-state index is -3.86. The van der Waals surface area contributed by atoms with Crippen LogP contribution in [-0.4, -0.2) is 56.8 Å². The van der Waals surface area contributed by atoms with Crippen LogP contribution in [0.5, 0.6) is 0 Å². The molecule has 128 valence electrons. The lowest BCUT2D eigenvalue weighted by Gasteiger charge is -2.39. The average molecular weight is 339 g/mol. The summed E-state index contributed by atoms with van der Waals surface area (Å²) >= 11 is 0. The predicted molar refractivity (Wildman–Crippen MR) is 71.6 cm³/mol. The van der Waals surface area contributed by atoms with Gasteiger partial charge in [-0.15, -0.1) is 0 Å². The van der Waals surface area contributed by atoms with Crippen molar-refractivity contribution in [3.05, 3.63) is 0 Å². The molecule has 0 aliphatic carbocycles. The highest BCUT2D eigenvalue weighted by atomic mass is 32.2. The monoisotopic (exact) mass is 339 g/mol. The fourth-order valence-electron chi connectivity index (χ4n) is 2.95. The highest BCUT2D eigenvalue weighted by Crippen LogP contribution is 2.47. The summed E-state index contributed by atoms with van der Waals surface area (Å²) in [6, 6.07) is 0. The summed E-state index contributed by atoms with van der Waals surface area (Å²) in [7, 11) is -3.86. The minimum Gasteiger partial charge on any atom is -0.342 e. The maximum absolute atomic E-state index is 11.2. The van der Waals surface area contributed by atoms with Crippen molar-refractivity contribution < 1.29 is 36.8 Å². The van der Waals surface area contributed by atoms with Gasteiger partial charge in [-0.2, -0.15) is 0 Å². The first-order valence-electron chi connectivity index (χ1n) is 6.93. The van der Waals surface area contributed by atoms with E-state index in [2.05, 4.69) is 0 Å². The zero-order valence-electron chi connectivity index (χ0n) is 12.9. The summed E-state index contributed by atoms with van der Waals surface area (Å²) in [5, 5.41) is 4.99. The Morgan fingerprint density at radius 2 is 1.82 bits per heavy atom. The maximum atomic E-state index is 11.2. The van der Waals surface area contributed by atoms with Gasteiger partial charge in [0.1, 0.15) is 12.2 Å². The third-order valence-electron chi connectivity index (χ3n) is 3.54. The van der Waals surface area contributed by atoms with Crippen LogP contribution in [0.3, 0.4) is 0 Å². The molecule has 0 spiro atoms. The first-order chi connectivity index (χ1) is 9.92. The van der Waals surface area contributed by atoms with E-state index in [9.17, 15) is 8.42 Å². The van der Waals surface area contributed by atoms with E-state index in [4.69, 9.17) is 33.6 Å². The number of primary sulfonamides is 1. The fraction of sp³-hybridized carbons (Fsp3) is 1.00. The van der Waals surface area contributed by atoms with E-state index in [-0.39, 0.29) is 12.7 Å². The summed E-state index contributed by atoms with van der Waals surface area (Å²) in [4.78, 5) is 0. The Kier molecular flexibility index (Phi) is 3.63. The Morgan fingerprint density at radius 3 is 2.45 bits per heavy atom.